The summed E-state index contributed by atoms with van der Waals surface area (Å²) < 4.78 is 2.04. The molecule has 1 aliphatic rings. The Morgan fingerprint density at radius 3 is 3.00 bits per heavy atom. The van der Waals surface area contributed by atoms with Crippen molar-refractivity contribution < 1.29 is 0 Å². The van der Waals surface area contributed by atoms with E-state index < -0.39 is 0 Å². The van der Waals surface area contributed by atoms with Gasteiger partial charge in [-0.05, 0) is 36.8 Å². The molecule has 1 saturated carbocycles. The fourth-order valence-electron chi connectivity index (χ4n) is 2.20. The highest BCUT2D eigenvalue weighted by Crippen LogP contribution is 2.39. The second-order valence-electron chi connectivity index (χ2n) is 4.91. The topological polar surface area (TPSA) is 56.7 Å². The van der Waals surface area contributed by atoms with Crippen LogP contribution in [0.2, 0.25) is 0 Å². The molecule has 0 radical (unpaired) electrons. The molecule has 2 heterocycles. The third-order valence-electron chi connectivity index (χ3n) is 3.44. The molecule has 1 fully saturated rings. The van der Waals surface area contributed by atoms with Crippen molar-refractivity contribution in [3.05, 3.63) is 17.8 Å². The smallest absolute Gasteiger partial charge is 0.202 e. The lowest BCUT2D eigenvalue weighted by Gasteiger charge is -2.04. The molecule has 0 aliphatic heterocycles. The van der Waals surface area contributed by atoms with Crippen molar-refractivity contribution in [2.24, 2.45) is 11.8 Å². The average molecular weight is 216 g/mol. The molecule has 2 aromatic rings. The first-order valence-electron chi connectivity index (χ1n) is 5.73. The quantitative estimate of drug-likeness (QED) is 0.835. The minimum Gasteiger partial charge on any atom is -0.369 e. The van der Waals surface area contributed by atoms with Gasteiger partial charge in [-0.3, -0.25) is 4.57 Å². The number of hydrogen-bond acceptors (Lipinski definition) is 3. The summed E-state index contributed by atoms with van der Waals surface area (Å²) in [5.74, 6) is 2.16. The lowest BCUT2D eigenvalue weighted by molar-refractivity contribution is 0.609. The standard InChI is InChI=1S/C12H16N4/c1-7-3-10-11(14-5-7)16(12(13)15-10)6-9-4-8(9)2/h3,5,8-9H,4,6H2,1-2H3,(H2,13,15). The number of hydrogen-bond donors (Lipinski definition) is 1. The Kier molecular flexibility index (Phi) is 1.93. The fourth-order valence-corrected chi connectivity index (χ4v) is 2.20. The number of fused-ring (bicyclic) bond motifs is 1. The first-order chi connectivity index (χ1) is 7.65. The predicted octanol–water partition coefficient (Wildman–Crippen LogP) is 1.98. The zero-order valence-corrected chi connectivity index (χ0v) is 9.64. The van der Waals surface area contributed by atoms with E-state index >= 15 is 0 Å². The van der Waals surface area contributed by atoms with Crippen LogP contribution < -0.4 is 5.73 Å². The van der Waals surface area contributed by atoms with Crippen LogP contribution in [-0.4, -0.2) is 14.5 Å². The molecule has 4 nitrogen and oxygen atoms in total. The summed E-state index contributed by atoms with van der Waals surface area (Å²) in [4.78, 5) is 8.79. The highest BCUT2D eigenvalue weighted by Gasteiger charge is 2.33. The van der Waals surface area contributed by atoms with Gasteiger partial charge in [-0.15, -0.1) is 0 Å². The van der Waals surface area contributed by atoms with Gasteiger partial charge in [0.05, 0.1) is 0 Å². The molecular formula is C12H16N4. The minimum absolute atomic E-state index is 0.590. The summed E-state index contributed by atoms with van der Waals surface area (Å²) in [5, 5.41) is 0. The van der Waals surface area contributed by atoms with Crippen molar-refractivity contribution in [2.45, 2.75) is 26.8 Å². The first kappa shape index (κ1) is 9.63. The van der Waals surface area contributed by atoms with Crippen LogP contribution in [0.5, 0.6) is 0 Å². The van der Waals surface area contributed by atoms with Crippen molar-refractivity contribution in [1.29, 1.82) is 0 Å². The SMILES string of the molecule is Cc1cnc2c(c1)nc(N)n2CC1CC1C. The highest BCUT2D eigenvalue weighted by atomic mass is 15.2. The van der Waals surface area contributed by atoms with Gasteiger partial charge in [0.15, 0.2) is 5.65 Å². The van der Waals surface area contributed by atoms with Gasteiger partial charge in [0.2, 0.25) is 5.95 Å². The second-order valence-corrected chi connectivity index (χ2v) is 4.91. The van der Waals surface area contributed by atoms with E-state index in [1.807, 2.05) is 23.8 Å². The number of pyridine rings is 1. The number of aryl methyl sites for hydroxylation is 1. The van der Waals surface area contributed by atoms with E-state index in [-0.39, 0.29) is 0 Å². The maximum atomic E-state index is 5.94. The van der Waals surface area contributed by atoms with E-state index in [0.29, 0.717) is 5.95 Å². The molecular weight excluding hydrogens is 200 g/mol. The zero-order valence-electron chi connectivity index (χ0n) is 9.64. The van der Waals surface area contributed by atoms with Crippen LogP contribution >= 0.6 is 0 Å². The number of aromatic nitrogens is 3. The molecule has 2 unspecified atom stereocenters. The normalized spacial score (nSPS) is 23.9. The predicted molar refractivity (Wildman–Crippen MR) is 63.9 cm³/mol. The molecule has 0 saturated heterocycles. The van der Waals surface area contributed by atoms with E-state index in [9.17, 15) is 0 Å². The number of rotatable bonds is 2. The lowest BCUT2D eigenvalue weighted by Crippen LogP contribution is -2.06. The average Bonchev–Trinajstić information content (AvgIpc) is 2.82. The number of anilines is 1. The van der Waals surface area contributed by atoms with Crippen LogP contribution in [0, 0.1) is 18.8 Å². The monoisotopic (exact) mass is 216 g/mol. The van der Waals surface area contributed by atoms with E-state index in [0.717, 1.165) is 35.1 Å². The summed E-state index contributed by atoms with van der Waals surface area (Å²) in [7, 11) is 0. The minimum atomic E-state index is 0.590. The highest BCUT2D eigenvalue weighted by molar-refractivity contribution is 5.74. The summed E-state index contributed by atoms with van der Waals surface area (Å²) in [6.45, 7) is 5.25. The van der Waals surface area contributed by atoms with Gasteiger partial charge in [-0.2, -0.15) is 0 Å². The number of nitrogens with zero attached hydrogens (tertiary/aromatic N) is 3. The molecule has 16 heavy (non-hydrogen) atoms. The zero-order chi connectivity index (χ0) is 11.3. The van der Waals surface area contributed by atoms with Crippen molar-refractivity contribution in [3.63, 3.8) is 0 Å². The van der Waals surface area contributed by atoms with Gasteiger partial charge in [-0.25, -0.2) is 9.97 Å². The van der Waals surface area contributed by atoms with Gasteiger partial charge in [0, 0.05) is 12.7 Å². The fraction of sp³-hybridized carbons (Fsp3) is 0.500. The molecule has 2 N–H and O–H groups in total. The number of nitrogen functional groups attached to an aromatic ring is 1. The van der Waals surface area contributed by atoms with Crippen LogP contribution in [0.4, 0.5) is 5.95 Å². The molecule has 3 rings (SSSR count). The van der Waals surface area contributed by atoms with Gasteiger partial charge in [0.25, 0.3) is 0 Å². The Morgan fingerprint density at radius 2 is 2.31 bits per heavy atom. The molecule has 4 heteroatoms. The van der Waals surface area contributed by atoms with Gasteiger partial charge < -0.3 is 5.73 Å². The summed E-state index contributed by atoms with van der Waals surface area (Å²) in [5.41, 5.74) is 8.89. The maximum Gasteiger partial charge on any atom is 0.202 e. The van der Waals surface area contributed by atoms with E-state index in [2.05, 4.69) is 16.9 Å². The lowest BCUT2D eigenvalue weighted by atomic mass is 10.3. The van der Waals surface area contributed by atoms with Crippen LogP contribution in [-0.2, 0) is 6.54 Å². The summed E-state index contributed by atoms with van der Waals surface area (Å²) >= 11 is 0. The van der Waals surface area contributed by atoms with Crippen LogP contribution in [0.25, 0.3) is 11.2 Å². The molecule has 0 bridgehead atoms. The van der Waals surface area contributed by atoms with Crippen molar-refractivity contribution >= 4 is 17.1 Å². The molecule has 84 valence electrons. The Labute approximate surface area is 94.5 Å². The summed E-state index contributed by atoms with van der Waals surface area (Å²) in [6, 6.07) is 2.03. The first-order valence-corrected chi connectivity index (χ1v) is 5.73. The molecule has 0 spiro atoms. The summed E-state index contributed by atoms with van der Waals surface area (Å²) in [6.07, 6.45) is 3.17. The van der Waals surface area contributed by atoms with Crippen molar-refractivity contribution in [3.8, 4) is 0 Å². The van der Waals surface area contributed by atoms with Gasteiger partial charge >= 0.3 is 0 Å². The van der Waals surface area contributed by atoms with Crippen molar-refractivity contribution in [1.82, 2.24) is 14.5 Å². The van der Waals surface area contributed by atoms with Crippen LogP contribution in [0.15, 0.2) is 12.3 Å². The molecule has 2 aromatic heterocycles. The third kappa shape index (κ3) is 1.45. The Balaban J connectivity index is 2.05. The molecule has 0 aromatic carbocycles. The third-order valence-corrected chi connectivity index (χ3v) is 3.44. The Morgan fingerprint density at radius 1 is 1.56 bits per heavy atom. The molecule has 1 aliphatic carbocycles. The van der Waals surface area contributed by atoms with Gasteiger partial charge in [0.1, 0.15) is 5.52 Å². The van der Waals surface area contributed by atoms with E-state index in [4.69, 9.17) is 5.73 Å². The molecule has 0 amide bonds. The Bertz CT molecular complexity index is 543. The van der Waals surface area contributed by atoms with Crippen LogP contribution in [0.3, 0.4) is 0 Å². The number of imidazole rings is 1. The van der Waals surface area contributed by atoms with Crippen molar-refractivity contribution in [2.75, 3.05) is 5.73 Å². The number of nitrogens with two attached hydrogens (primary N) is 1. The van der Waals surface area contributed by atoms with Crippen LogP contribution in [0.1, 0.15) is 18.9 Å². The Hall–Kier alpha value is -1.58. The second kappa shape index (κ2) is 3.20. The van der Waals surface area contributed by atoms with E-state index in [1.54, 1.807) is 0 Å². The maximum absolute atomic E-state index is 5.94. The molecule has 2 atom stereocenters. The largest absolute Gasteiger partial charge is 0.369 e. The van der Waals surface area contributed by atoms with Gasteiger partial charge in [-0.1, -0.05) is 6.92 Å². The van der Waals surface area contributed by atoms with E-state index in [1.165, 1.54) is 6.42 Å².